The Bertz CT molecular complexity index is 2840. The van der Waals surface area contributed by atoms with E-state index in [0.717, 1.165) is 39.0 Å². The maximum Gasteiger partial charge on any atom is 0.159 e. The summed E-state index contributed by atoms with van der Waals surface area (Å²) in [6.07, 6.45) is 0. The predicted molar refractivity (Wildman–Crippen MR) is 210 cm³/mol. The average Bonchev–Trinajstić information content (AvgIpc) is 3.74. The van der Waals surface area contributed by atoms with Gasteiger partial charge >= 0.3 is 0 Å². The second-order valence-corrected chi connectivity index (χ2v) is 13.6. The van der Waals surface area contributed by atoms with Crippen LogP contribution in [-0.2, 0) is 0 Å². The molecular weight excluding hydrogens is 615 g/mol. The molecule has 0 aliphatic rings. The molecule has 0 bridgehead atoms. The zero-order valence-corrected chi connectivity index (χ0v) is 27.3. The van der Waals surface area contributed by atoms with Gasteiger partial charge in [-0.15, -0.1) is 11.3 Å². The fraction of sp³-hybridized carbons (Fsp3) is 0. The summed E-state index contributed by atoms with van der Waals surface area (Å²) in [5, 5.41) is 7.30. The number of fused-ring (bicyclic) bond motifs is 7. The lowest BCUT2D eigenvalue weighted by Crippen LogP contribution is -2.10. The first-order chi connectivity index (χ1) is 24.3. The van der Waals surface area contributed by atoms with Crippen molar-refractivity contribution in [3.63, 3.8) is 0 Å². The van der Waals surface area contributed by atoms with Gasteiger partial charge in [0.15, 0.2) is 5.58 Å². The molecule has 2 aromatic heterocycles. The quantitative estimate of drug-likeness (QED) is 0.186. The summed E-state index contributed by atoms with van der Waals surface area (Å²) in [6.45, 7) is 0. The first kappa shape index (κ1) is 27.9. The van der Waals surface area contributed by atoms with E-state index in [4.69, 9.17) is 4.42 Å². The molecule has 49 heavy (non-hydrogen) atoms. The molecular formula is C46H29NOS. The third-order valence-corrected chi connectivity index (χ3v) is 10.8. The highest BCUT2D eigenvalue weighted by Crippen LogP contribution is 2.44. The molecule has 0 aliphatic carbocycles. The number of anilines is 3. The van der Waals surface area contributed by atoms with E-state index in [1.165, 1.54) is 53.2 Å². The van der Waals surface area contributed by atoms with Crippen LogP contribution >= 0.6 is 11.3 Å². The van der Waals surface area contributed by atoms with Crippen molar-refractivity contribution in [3.05, 3.63) is 176 Å². The van der Waals surface area contributed by atoms with Crippen LogP contribution in [0, 0.1) is 0 Å². The highest BCUT2D eigenvalue weighted by atomic mass is 32.1. The van der Waals surface area contributed by atoms with E-state index in [1.807, 2.05) is 23.5 Å². The molecule has 0 N–H and O–H groups in total. The molecule has 2 nitrogen and oxygen atoms in total. The van der Waals surface area contributed by atoms with E-state index in [9.17, 15) is 0 Å². The van der Waals surface area contributed by atoms with E-state index in [1.54, 1.807) is 0 Å². The lowest BCUT2D eigenvalue weighted by atomic mass is 9.97. The van der Waals surface area contributed by atoms with Crippen molar-refractivity contribution in [1.29, 1.82) is 0 Å². The van der Waals surface area contributed by atoms with Gasteiger partial charge in [-0.25, -0.2) is 0 Å². The molecule has 0 saturated heterocycles. The Hall–Kier alpha value is -6.16. The zero-order chi connectivity index (χ0) is 32.3. The number of hydrogen-bond acceptors (Lipinski definition) is 3. The van der Waals surface area contributed by atoms with Crippen molar-refractivity contribution in [1.82, 2.24) is 0 Å². The largest absolute Gasteiger partial charge is 0.454 e. The van der Waals surface area contributed by atoms with Gasteiger partial charge in [-0.1, -0.05) is 115 Å². The van der Waals surface area contributed by atoms with Crippen LogP contribution in [0.2, 0.25) is 0 Å². The van der Waals surface area contributed by atoms with Gasteiger partial charge < -0.3 is 9.32 Å². The molecule has 10 rings (SSSR count). The summed E-state index contributed by atoms with van der Waals surface area (Å²) in [4.78, 5) is 2.34. The van der Waals surface area contributed by atoms with E-state index in [-0.39, 0.29) is 0 Å². The van der Waals surface area contributed by atoms with Gasteiger partial charge in [0.05, 0.1) is 5.69 Å². The summed E-state index contributed by atoms with van der Waals surface area (Å²) >= 11 is 1.84. The number of para-hydroxylation sites is 2. The van der Waals surface area contributed by atoms with Crippen molar-refractivity contribution >= 4 is 81.3 Å². The van der Waals surface area contributed by atoms with Gasteiger partial charge in [0.2, 0.25) is 0 Å². The Morgan fingerprint density at radius 2 is 1.04 bits per heavy atom. The molecule has 0 aliphatic heterocycles. The van der Waals surface area contributed by atoms with Crippen LogP contribution in [0.1, 0.15) is 0 Å². The van der Waals surface area contributed by atoms with Gasteiger partial charge in [-0.05, 0) is 93.7 Å². The summed E-state index contributed by atoms with van der Waals surface area (Å²) in [5.41, 5.74) is 9.74. The fourth-order valence-corrected chi connectivity index (χ4v) is 8.33. The lowest BCUT2D eigenvalue weighted by molar-refractivity contribution is 0.669. The van der Waals surface area contributed by atoms with Crippen LogP contribution in [0.25, 0.3) is 75.1 Å². The van der Waals surface area contributed by atoms with Crippen LogP contribution in [0.3, 0.4) is 0 Å². The van der Waals surface area contributed by atoms with Crippen molar-refractivity contribution in [2.75, 3.05) is 4.90 Å². The van der Waals surface area contributed by atoms with Crippen LogP contribution < -0.4 is 4.90 Å². The van der Waals surface area contributed by atoms with E-state index in [0.29, 0.717) is 0 Å². The molecule has 0 saturated carbocycles. The van der Waals surface area contributed by atoms with Gasteiger partial charge in [0, 0.05) is 42.3 Å². The average molecular weight is 644 g/mol. The Morgan fingerprint density at radius 1 is 0.388 bits per heavy atom. The van der Waals surface area contributed by atoms with Crippen LogP contribution in [0.4, 0.5) is 17.1 Å². The van der Waals surface area contributed by atoms with Gasteiger partial charge in [0.1, 0.15) is 5.58 Å². The maximum absolute atomic E-state index is 6.59. The number of thiophene rings is 1. The SMILES string of the molecule is c1cc(-c2ccc(N(c3ccc4sc5ccccc5c4c3)c3cccc4c3oc3ccccc34)cc2)cc(-c2ccc3ccccc3c2)c1. The molecule has 0 amide bonds. The minimum absolute atomic E-state index is 0.881. The Labute approximate surface area is 287 Å². The molecule has 8 aromatic carbocycles. The Balaban J connectivity index is 1.11. The second kappa shape index (κ2) is 11.2. The molecule has 2 heterocycles. The second-order valence-electron chi connectivity index (χ2n) is 12.6. The lowest BCUT2D eigenvalue weighted by Gasteiger charge is -2.26. The molecule has 0 unspecified atom stereocenters. The third-order valence-electron chi connectivity index (χ3n) is 9.65. The third kappa shape index (κ3) is 4.70. The van der Waals surface area contributed by atoms with Gasteiger partial charge in [-0.2, -0.15) is 0 Å². The Kier molecular flexibility index (Phi) is 6.39. The van der Waals surface area contributed by atoms with E-state index in [2.05, 4.69) is 169 Å². The number of hydrogen-bond donors (Lipinski definition) is 0. The van der Waals surface area contributed by atoms with Crippen molar-refractivity contribution in [2.24, 2.45) is 0 Å². The highest BCUT2D eigenvalue weighted by Gasteiger charge is 2.20. The standard InChI is InChI=1S/C46H29NOS/c1-2-10-32-28-35(20-19-30(32)9-1)34-12-7-11-33(27-34)31-21-23-36(24-22-31)47(37-25-26-45-41(29-37)39-14-4-6-18-44(39)49-45)42-16-8-15-40-38-13-3-5-17-43(38)48-46(40)42/h1-29H. The summed E-state index contributed by atoms with van der Waals surface area (Å²) < 4.78 is 9.17. The first-order valence-corrected chi connectivity index (χ1v) is 17.4. The van der Waals surface area contributed by atoms with Gasteiger partial charge in [-0.3, -0.25) is 0 Å². The first-order valence-electron chi connectivity index (χ1n) is 16.6. The smallest absolute Gasteiger partial charge is 0.159 e. The number of furan rings is 1. The fourth-order valence-electron chi connectivity index (χ4n) is 7.24. The van der Waals surface area contributed by atoms with Crippen molar-refractivity contribution in [3.8, 4) is 22.3 Å². The van der Waals surface area contributed by atoms with Crippen LogP contribution in [0.5, 0.6) is 0 Å². The number of benzene rings is 8. The summed E-state index contributed by atoms with van der Waals surface area (Å²) in [5.74, 6) is 0. The minimum atomic E-state index is 0.881. The molecule has 0 fully saturated rings. The van der Waals surface area contributed by atoms with E-state index < -0.39 is 0 Å². The monoisotopic (exact) mass is 643 g/mol. The topological polar surface area (TPSA) is 16.4 Å². The van der Waals surface area contributed by atoms with Gasteiger partial charge in [0.25, 0.3) is 0 Å². The minimum Gasteiger partial charge on any atom is -0.454 e. The van der Waals surface area contributed by atoms with Crippen molar-refractivity contribution in [2.45, 2.75) is 0 Å². The number of rotatable bonds is 5. The van der Waals surface area contributed by atoms with Crippen molar-refractivity contribution < 1.29 is 4.42 Å². The number of nitrogens with zero attached hydrogens (tertiary/aromatic N) is 1. The Morgan fingerprint density at radius 3 is 1.94 bits per heavy atom. The molecule has 230 valence electrons. The van der Waals surface area contributed by atoms with Crippen LogP contribution in [0.15, 0.2) is 180 Å². The van der Waals surface area contributed by atoms with Crippen LogP contribution in [-0.4, -0.2) is 0 Å². The molecule has 3 heteroatoms. The zero-order valence-electron chi connectivity index (χ0n) is 26.5. The summed E-state index contributed by atoms with van der Waals surface area (Å²) in [6, 6.07) is 63.3. The van der Waals surface area contributed by atoms with E-state index >= 15 is 0 Å². The highest BCUT2D eigenvalue weighted by molar-refractivity contribution is 7.25. The molecule has 0 radical (unpaired) electrons. The maximum atomic E-state index is 6.59. The molecule has 0 spiro atoms. The summed E-state index contributed by atoms with van der Waals surface area (Å²) in [7, 11) is 0. The predicted octanol–water partition coefficient (Wildman–Crippen LogP) is 13.9. The normalized spacial score (nSPS) is 11.7. The molecule has 10 aromatic rings. The molecule has 0 atom stereocenters.